The first kappa shape index (κ1) is 8.62. The van der Waals surface area contributed by atoms with Crippen LogP contribution < -0.4 is 0 Å². The van der Waals surface area contributed by atoms with Gasteiger partial charge in [-0.15, -0.1) is 23.1 Å². The Hall–Kier alpha value is -0.480. The van der Waals surface area contributed by atoms with E-state index in [4.69, 9.17) is 10.1 Å². The minimum Gasteiger partial charge on any atom is -0.480 e. The Morgan fingerprint density at radius 2 is 2.36 bits per heavy atom. The van der Waals surface area contributed by atoms with E-state index < -0.39 is 0 Å². The molecule has 11 heavy (non-hydrogen) atoms. The van der Waals surface area contributed by atoms with Gasteiger partial charge in [0.2, 0.25) is 5.90 Å². The van der Waals surface area contributed by atoms with E-state index in [0.717, 1.165) is 4.88 Å². The van der Waals surface area contributed by atoms with Crippen LogP contribution in [-0.4, -0.2) is 19.3 Å². The first-order chi connectivity index (χ1) is 5.27. The summed E-state index contributed by atoms with van der Waals surface area (Å²) < 4.78 is 5.99. The molecule has 0 saturated carbocycles. The van der Waals surface area contributed by atoms with E-state index in [1.165, 1.54) is 11.3 Å². The minimum absolute atomic E-state index is 0.246. The van der Waals surface area contributed by atoms with Crippen LogP contribution in [0.2, 0.25) is 0 Å². The Morgan fingerprint density at radius 3 is 2.82 bits per heavy atom. The van der Waals surface area contributed by atoms with Crippen LogP contribution in [0.25, 0.3) is 0 Å². The Balaban J connectivity index is 2.80. The molecule has 0 bridgehead atoms. The highest BCUT2D eigenvalue weighted by atomic mass is 32.2. The highest BCUT2D eigenvalue weighted by Crippen LogP contribution is 2.25. The van der Waals surface area contributed by atoms with Crippen molar-refractivity contribution in [2.24, 2.45) is 0 Å². The molecular formula is C7H9NOS2. The molecule has 0 aromatic carbocycles. The highest BCUT2D eigenvalue weighted by Gasteiger charge is 2.03. The molecule has 0 fully saturated rings. The summed E-state index contributed by atoms with van der Waals surface area (Å²) in [7, 11) is 1.51. The topological polar surface area (TPSA) is 33.1 Å². The third kappa shape index (κ3) is 1.97. The van der Waals surface area contributed by atoms with Gasteiger partial charge in [0.25, 0.3) is 0 Å². The van der Waals surface area contributed by atoms with Gasteiger partial charge >= 0.3 is 0 Å². The number of ether oxygens (including phenoxy) is 1. The molecule has 0 atom stereocenters. The average molecular weight is 187 g/mol. The van der Waals surface area contributed by atoms with Crippen LogP contribution in [0.1, 0.15) is 4.88 Å². The van der Waals surface area contributed by atoms with Crippen molar-refractivity contribution < 1.29 is 4.74 Å². The molecule has 60 valence electrons. The maximum Gasteiger partial charge on any atom is 0.223 e. The molecule has 1 aromatic heterocycles. The summed E-state index contributed by atoms with van der Waals surface area (Å²) in [6, 6.07) is 3.90. The molecule has 1 aromatic rings. The van der Waals surface area contributed by atoms with Gasteiger partial charge in [-0.25, -0.2) is 0 Å². The Kier molecular flexibility index (Phi) is 2.96. The normalized spacial score (nSPS) is 9.64. The number of hydrogen-bond acceptors (Lipinski definition) is 4. The van der Waals surface area contributed by atoms with Crippen LogP contribution in [0.15, 0.2) is 16.3 Å². The molecule has 0 saturated heterocycles. The van der Waals surface area contributed by atoms with E-state index in [1.54, 1.807) is 23.1 Å². The summed E-state index contributed by atoms with van der Waals surface area (Å²) in [6.45, 7) is 0. The highest BCUT2D eigenvalue weighted by molar-refractivity contribution is 8.00. The molecule has 4 heteroatoms. The van der Waals surface area contributed by atoms with Crippen LogP contribution >= 0.6 is 23.1 Å². The van der Waals surface area contributed by atoms with Crippen molar-refractivity contribution in [1.29, 1.82) is 5.41 Å². The van der Waals surface area contributed by atoms with Gasteiger partial charge in [0.15, 0.2) is 0 Å². The van der Waals surface area contributed by atoms with E-state index in [1.807, 2.05) is 18.4 Å². The molecule has 1 heterocycles. The van der Waals surface area contributed by atoms with E-state index in [9.17, 15) is 0 Å². The molecule has 1 rings (SSSR count). The second-order valence-corrected chi connectivity index (χ2v) is 4.05. The SMILES string of the molecule is COC(=N)c1ccc(SC)s1. The summed E-state index contributed by atoms with van der Waals surface area (Å²) in [5, 5.41) is 7.35. The zero-order valence-corrected chi connectivity index (χ0v) is 8.01. The van der Waals surface area contributed by atoms with Crippen LogP contribution in [-0.2, 0) is 4.74 Å². The van der Waals surface area contributed by atoms with Crippen molar-refractivity contribution in [3.05, 3.63) is 17.0 Å². The molecule has 0 aliphatic rings. The van der Waals surface area contributed by atoms with E-state index in [2.05, 4.69) is 0 Å². The number of thiophene rings is 1. The number of hydrogen-bond donors (Lipinski definition) is 1. The van der Waals surface area contributed by atoms with Gasteiger partial charge in [0, 0.05) is 0 Å². The molecule has 0 unspecified atom stereocenters. The average Bonchev–Trinajstić information content (AvgIpc) is 2.50. The predicted octanol–water partition coefficient (Wildman–Crippen LogP) is 2.44. The number of rotatable bonds is 2. The molecule has 0 spiro atoms. The van der Waals surface area contributed by atoms with Crippen LogP contribution in [0.5, 0.6) is 0 Å². The predicted molar refractivity (Wildman–Crippen MR) is 49.9 cm³/mol. The van der Waals surface area contributed by atoms with Crippen molar-refractivity contribution in [2.75, 3.05) is 13.4 Å². The Bertz CT molecular complexity index is 257. The van der Waals surface area contributed by atoms with Gasteiger partial charge < -0.3 is 4.74 Å². The fourth-order valence-electron chi connectivity index (χ4n) is 0.652. The molecule has 0 amide bonds. The van der Waals surface area contributed by atoms with Crippen LogP contribution in [0, 0.1) is 5.41 Å². The van der Waals surface area contributed by atoms with Gasteiger partial charge in [-0.3, -0.25) is 5.41 Å². The lowest BCUT2D eigenvalue weighted by Gasteiger charge is -1.95. The van der Waals surface area contributed by atoms with Crippen LogP contribution in [0.3, 0.4) is 0 Å². The number of nitrogens with one attached hydrogen (secondary N) is 1. The summed E-state index contributed by atoms with van der Waals surface area (Å²) in [5.74, 6) is 0.246. The molecule has 2 nitrogen and oxygen atoms in total. The van der Waals surface area contributed by atoms with E-state index in [-0.39, 0.29) is 5.90 Å². The smallest absolute Gasteiger partial charge is 0.223 e. The lowest BCUT2D eigenvalue weighted by atomic mass is 10.5. The summed E-state index contributed by atoms with van der Waals surface area (Å²) in [4.78, 5) is 0.886. The second kappa shape index (κ2) is 3.78. The number of methoxy groups -OCH3 is 1. The third-order valence-electron chi connectivity index (χ3n) is 1.21. The summed E-state index contributed by atoms with van der Waals surface area (Å²) in [5.41, 5.74) is 0. The maximum absolute atomic E-state index is 7.35. The quantitative estimate of drug-likeness (QED) is 0.438. The first-order valence-electron chi connectivity index (χ1n) is 3.04. The molecule has 0 radical (unpaired) electrons. The summed E-state index contributed by atoms with van der Waals surface area (Å²) in [6.07, 6.45) is 2.02. The van der Waals surface area contributed by atoms with Gasteiger partial charge in [0.05, 0.1) is 16.2 Å². The van der Waals surface area contributed by atoms with Crippen molar-refractivity contribution in [2.45, 2.75) is 4.21 Å². The monoisotopic (exact) mass is 187 g/mol. The zero-order valence-electron chi connectivity index (χ0n) is 6.38. The van der Waals surface area contributed by atoms with Crippen molar-refractivity contribution in [3.8, 4) is 0 Å². The summed E-state index contributed by atoms with van der Waals surface area (Å²) >= 11 is 3.26. The fourth-order valence-corrected chi connectivity index (χ4v) is 2.12. The lowest BCUT2D eigenvalue weighted by Crippen LogP contribution is -1.96. The molecule has 0 aliphatic heterocycles. The third-order valence-corrected chi connectivity index (χ3v) is 3.38. The Morgan fingerprint density at radius 1 is 1.64 bits per heavy atom. The largest absolute Gasteiger partial charge is 0.480 e. The maximum atomic E-state index is 7.35. The lowest BCUT2D eigenvalue weighted by molar-refractivity contribution is 0.402. The van der Waals surface area contributed by atoms with Crippen molar-refractivity contribution >= 4 is 29.0 Å². The zero-order chi connectivity index (χ0) is 8.27. The second-order valence-electron chi connectivity index (χ2n) is 1.86. The van der Waals surface area contributed by atoms with Gasteiger partial charge in [-0.2, -0.15) is 0 Å². The van der Waals surface area contributed by atoms with E-state index in [0.29, 0.717) is 0 Å². The van der Waals surface area contributed by atoms with Gasteiger partial charge in [-0.1, -0.05) is 0 Å². The van der Waals surface area contributed by atoms with Crippen molar-refractivity contribution in [3.63, 3.8) is 0 Å². The van der Waals surface area contributed by atoms with Gasteiger partial charge in [0.1, 0.15) is 0 Å². The fraction of sp³-hybridized carbons (Fsp3) is 0.286. The van der Waals surface area contributed by atoms with Crippen LogP contribution in [0.4, 0.5) is 0 Å². The Labute approximate surface area is 74.1 Å². The number of thioether (sulfide) groups is 1. The molecule has 0 aliphatic carbocycles. The standard InChI is InChI=1S/C7H9NOS2/c1-9-7(8)5-3-4-6(10-2)11-5/h3-4,8H,1-2H3. The first-order valence-corrected chi connectivity index (χ1v) is 5.08. The molecule has 1 N–H and O–H groups in total. The van der Waals surface area contributed by atoms with Crippen molar-refractivity contribution in [1.82, 2.24) is 0 Å². The van der Waals surface area contributed by atoms with Gasteiger partial charge in [-0.05, 0) is 18.4 Å². The molecular weight excluding hydrogens is 178 g/mol. The minimum atomic E-state index is 0.246. The van der Waals surface area contributed by atoms with E-state index >= 15 is 0 Å².